The molecule has 0 aromatic heterocycles. The summed E-state index contributed by atoms with van der Waals surface area (Å²) < 4.78 is 13.2. The molecule has 114 valence electrons. The zero-order chi connectivity index (χ0) is 16.1. The van der Waals surface area contributed by atoms with E-state index in [0.717, 1.165) is 0 Å². The summed E-state index contributed by atoms with van der Waals surface area (Å²) in [5, 5.41) is 5.28. The van der Waals surface area contributed by atoms with Gasteiger partial charge in [0.05, 0.1) is 0 Å². The monoisotopic (exact) mass is 300 g/mol. The first-order valence-electron chi connectivity index (χ1n) is 6.97. The van der Waals surface area contributed by atoms with E-state index in [9.17, 15) is 14.0 Å². The van der Waals surface area contributed by atoms with E-state index in [1.807, 2.05) is 0 Å². The number of amides is 2. The van der Waals surface area contributed by atoms with Crippen LogP contribution in [-0.4, -0.2) is 11.8 Å². The van der Waals surface area contributed by atoms with Crippen LogP contribution >= 0.6 is 0 Å². The number of rotatable bonds is 4. The number of carbonyl (C=O) groups excluding carboxylic acids is 2. The van der Waals surface area contributed by atoms with Gasteiger partial charge in [-0.15, -0.1) is 0 Å². The lowest BCUT2D eigenvalue weighted by molar-refractivity contribution is 0.0988. The van der Waals surface area contributed by atoms with Gasteiger partial charge in [-0.2, -0.15) is 0 Å². The van der Waals surface area contributed by atoms with Gasteiger partial charge in [0.2, 0.25) is 0 Å². The fourth-order valence-electron chi connectivity index (χ4n) is 1.96. The number of carbonyl (C=O) groups is 2. The van der Waals surface area contributed by atoms with Crippen LogP contribution in [0.15, 0.2) is 42.5 Å². The summed E-state index contributed by atoms with van der Waals surface area (Å²) in [6.07, 6.45) is 0.442. The molecular formula is C17H17FN2O2. The summed E-state index contributed by atoms with van der Waals surface area (Å²) >= 11 is 0. The van der Waals surface area contributed by atoms with E-state index in [1.165, 1.54) is 12.1 Å². The average Bonchev–Trinajstić information content (AvgIpc) is 2.51. The Bertz CT molecular complexity index is 696. The Morgan fingerprint density at radius 2 is 1.59 bits per heavy atom. The van der Waals surface area contributed by atoms with E-state index in [0.29, 0.717) is 28.9 Å². The molecule has 2 N–H and O–H groups in total. The number of hydrogen-bond acceptors (Lipinski definition) is 2. The van der Waals surface area contributed by atoms with Crippen LogP contribution in [0.2, 0.25) is 0 Å². The highest BCUT2D eigenvalue weighted by Crippen LogP contribution is 2.15. The molecule has 0 spiro atoms. The SMILES string of the molecule is CCC(=O)c1ccc(NC(=O)Nc2ccc(F)c(C)c2)cc1. The van der Waals surface area contributed by atoms with Crippen molar-refractivity contribution in [2.45, 2.75) is 20.3 Å². The summed E-state index contributed by atoms with van der Waals surface area (Å²) in [5.74, 6) is -0.264. The van der Waals surface area contributed by atoms with E-state index in [-0.39, 0.29) is 11.6 Å². The highest BCUT2D eigenvalue weighted by atomic mass is 19.1. The molecule has 22 heavy (non-hydrogen) atoms. The van der Waals surface area contributed by atoms with Crippen molar-refractivity contribution in [1.29, 1.82) is 0 Å². The second kappa shape index (κ2) is 6.85. The predicted octanol–water partition coefficient (Wildman–Crippen LogP) is 4.37. The molecule has 2 rings (SSSR count). The maximum Gasteiger partial charge on any atom is 0.323 e. The molecule has 2 aromatic carbocycles. The zero-order valence-corrected chi connectivity index (χ0v) is 12.4. The van der Waals surface area contributed by atoms with Crippen LogP contribution in [0.3, 0.4) is 0 Å². The maximum absolute atomic E-state index is 13.2. The molecule has 0 atom stereocenters. The van der Waals surface area contributed by atoms with Gasteiger partial charge >= 0.3 is 6.03 Å². The first-order valence-corrected chi connectivity index (χ1v) is 6.97. The summed E-state index contributed by atoms with van der Waals surface area (Å²) in [5.41, 5.74) is 2.15. The standard InChI is InChI=1S/C17H17FN2O2/c1-3-16(21)12-4-6-13(7-5-12)19-17(22)20-14-8-9-15(18)11(2)10-14/h4-10H,3H2,1-2H3,(H2,19,20,22). The fraction of sp³-hybridized carbons (Fsp3) is 0.176. The van der Waals surface area contributed by atoms with Gasteiger partial charge in [0.15, 0.2) is 5.78 Å². The molecule has 5 heteroatoms. The minimum absolute atomic E-state index is 0.0535. The number of aryl methyl sites for hydroxylation is 1. The van der Waals surface area contributed by atoms with Crippen LogP contribution in [0.5, 0.6) is 0 Å². The van der Waals surface area contributed by atoms with E-state index in [1.54, 1.807) is 44.2 Å². The Balaban J connectivity index is 1.99. The topological polar surface area (TPSA) is 58.2 Å². The summed E-state index contributed by atoms with van der Waals surface area (Å²) in [6.45, 7) is 3.43. The van der Waals surface area contributed by atoms with Gasteiger partial charge in [-0.1, -0.05) is 6.92 Å². The van der Waals surface area contributed by atoms with Crippen molar-refractivity contribution in [2.75, 3.05) is 10.6 Å². The van der Waals surface area contributed by atoms with Crippen molar-refractivity contribution in [3.05, 3.63) is 59.4 Å². The number of benzene rings is 2. The molecule has 0 heterocycles. The number of halogens is 1. The third-order valence-corrected chi connectivity index (χ3v) is 3.20. The normalized spacial score (nSPS) is 10.1. The Labute approximate surface area is 128 Å². The quantitative estimate of drug-likeness (QED) is 0.824. The lowest BCUT2D eigenvalue weighted by atomic mass is 10.1. The molecule has 0 aliphatic carbocycles. The Hall–Kier alpha value is -2.69. The number of ketones is 1. The molecule has 0 aliphatic rings. The maximum atomic E-state index is 13.2. The average molecular weight is 300 g/mol. The molecule has 0 saturated carbocycles. The highest BCUT2D eigenvalue weighted by molar-refractivity contribution is 6.00. The van der Waals surface area contributed by atoms with E-state index in [4.69, 9.17) is 0 Å². The van der Waals surface area contributed by atoms with Gasteiger partial charge in [-0.05, 0) is 55.0 Å². The van der Waals surface area contributed by atoms with Crippen molar-refractivity contribution >= 4 is 23.2 Å². The summed E-state index contributed by atoms with van der Waals surface area (Å²) in [7, 11) is 0. The predicted molar refractivity (Wildman–Crippen MR) is 84.8 cm³/mol. The van der Waals surface area contributed by atoms with Crippen molar-refractivity contribution in [3.63, 3.8) is 0 Å². The van der Waals surface area contributed by atoms with Gasteiger partial charge in [-0.25, -0.2) is 9.18 Å². The third-order valence-electron chi connectivity index (χ3n) is 3.20. The number of nitrogens with one attached hydrogen (secondary N) is 2. The molecule has 0 aliphatic heterocycles. The van der Waals surface area contributed by atoms with E-state index < -0.39 is 6.03 Å². The smallest absolute Gasteiger partial charge is 0.308 e. The highest BCUT2D eigenvalue weighted by Gasteiger charge is 2.06. The van der Waals surface area contributed by atoms with Gasteiger partial charge in [0.25, 0.3) is 0 Å². The molecule has 0 unspecified atom stereocenters. The van der Waals surface area contributed by atoms with Gasteiger partial charge in [0, 0.05) is 23.4 Å². The van der Waals surface area contributed by atoms with Crippen LogP contribution in [0.1, 0.15) is 29.3 Å². The second-order valence-corrected chi connectivity index (χ2v) is 4.90. The summed E-state index contributed by atoms with van der Waals surface area (Å²) in [4.78, 5) is 23.4. The van der Waals surface area contributed by atoms with Crippen LogP contribution in [-0.2, 0) is 0 Å². The first-order chi connectivity index (χ1) is 10.5. The van der Waals surface area contributed by atoms with Crippen molar-refractivity contribution in [3.8, 4) is 0 Å². The van der Waals surface area contributed by atoms with Crippen molar-refractivity contribution in [1.82, 2.24) is 0 Å². The van der Waals surface area contributed by atoms with Crippen molar-refractivity contribution in [2.24, 2.45) is 0 Å². The van der Waals surface area contributed by atoms with E-state index in [2.05, 4.69) is 10.6 Å². The number of anilines is 2. The van der Waals surface area contributed by atoms with Gasteiger partial charge in [-0.3, -0.25) is 4.79 Å². The lowest BCUT2D eigenvalue weighted by Gasteiger charge is -2.09. The molecule has 4 nitrogen and oxygen atoms in total. The van der Waals surface area contributed by atoms with Crippen LogP contribution in [0.4, 0.5) is 20.6 Å². The Morgan fingerprint density at radius 1 is 1.00 bits per heavy atom. The van der Waals surface area contributed by atoms with Crippen LogP contribution in [0, 0.1) is 12.7 Å². The molecular weight excluding hydrogens is 283 g/mol. The first kappa shape index (κ1) is 15.7. The zero-order valence-electron chi connectivity index (χ0n) is 12.4. The van der Waals surface area contributed by atoms with Crippen LogP contribution in [0.25, 0.3) is 0 Å². The minimum Gasteiger partial charge on any atom is -0.308 e. The van der Waals surface area contributed by atoms with Crippen LogP contribution < -0.4 is 10.6 Å². The summed E-state index contributed by atoms with van der Waals surface area (Å²) in [6, 6.07) is 10.6. The number of urea groups is 1. The molecule has 0 radical (unpaired) electrons. The molecule has 0 fully saturated rings. The Kier molecular flexibility index (Phi) is 4.88. The van der Waals surface area contributed by atoms with Gasteiger partial charge in [0.1, 0.15) is 5.82 Å². The van der Waals surface area contributed by atoms with Gasteiger partial charge < -0.3 is 10.6 Å². The van der Waals surface area contributed by atoms with Crippen molar-refractivity contribution < 1.29 is 14.0 Å². The fourth-order valence-corrected chi connectivity index (χ4v) is 1.96. The Morgan fingerprint density at radius 3 is 2.18 bits per heavy atom. The minimum atomic E-state index is -0.430. The molecule has 2 aromatic rings. The number of Topliss-reactive ketones (excluding diaryl/α,β-unsaturated/α-hetero) is 1. The molecule has 2 amide bonds. The number of hydrogen-bond donors (Lipinski definition) is 2. The molecule has 0 saturated heterocycles. The van der Waals surface area contributed by atoms with E-state index >= 15 is 0 Å². The largest absolute Gasteiger partial charge is 0.323 e. The molecule has 0 bridgehead atoms. The lowest BCUT2D eigenvalue weighted by Crippen LogP contribution is -2.19. The second-order valence-electron chi connectivity index (χ2n) is 4.90. The third kappa shape index (κ3) is 3.91.